The van der Waals surface area contributed by atoms with E-state index in [2.05, 4.69) is 56.7 Å². The highest BCUT2D eigenvalue weighted by atomic mass is 32.1. The molecule has 0 bridgehead atoms. The third-order valence-corrected chi connectivity index (χ3v) is 4.79. The van der Waals surface area contributed by atoms with Gasteiger partial charge in [-0.05, 0) is 60.2 Å². The molecule has 20 heavy (non-hydrogen) atoms. The van der Waals surface area contributed by atoms with Gasteiger partial charge in [-0.3, -0.25) is 0 Å². The summed E-state index contributed by atoms with van der Waals surface area (Å²) in [5, 5.41) is 4.85. The van der Waals surface area contributed by atoms with Gasteiger partial charge < -0.3 is 10.2 Å². The minimum Gasteiger partial charge on any atom is -0.306 e. The van der Waals surface area contributed by atoms with Gasteiger partial charge in [0.1, 0.15) is 0 Å². The summed E-state index contributed by atoms with van der Waals surface area (Å²) in [6.45, 7) is 16.8. The molecule has 116 valence electrons. The highest BCUT2D eigenvalue weighted by molar-refractivity contribution is 7.11. The van der Waals surface area contributed by atoms with Crippen LogP contribution in [0, 0.1) is 13.8 Å². The summed E-state index contributed by atoms with van der Waals surface area (Å²) < 4.78 is 0. The molecule has 0 fully saturated rings. The van der Waals surface area contributed by atoms with E-state index in [1.54, 1.807) is 11.3 Å². The van der Waals surface area contributed by atoms with Crippen LogP contribution in [0.15, 0.2) is 0 Å². The number of hydrogen-bond donors (Lipinski definition) is 1. The van der Waals surface area contributed by atoms with E-state index in [4.69, 9.17) is 0 Å². The first-order chi connectivity index (χ1) is 9.47. The molecule has 4 heteroatoms. The van der Waals surface area contributed by atoms with E-state index in [1.165, 1.54) is 35.0 Å². The summed E-state index contributed by atoms with van der Waals surface area (Å²) in [6, 6.07) is 0.894. The average molecular weight is 298 g/mol. The first-order valence-electron chi connectivity index (χ1n) is 7.90. The SMILES string of the molecule is CCN(CC)CCCC(C)NC(C)c1nc(C)sc1C. The first-order valence-corrected chi connectivity index (χ1v) is 8.71. The van der Waals surface area contributed by atoms with Gasteiger partial charge in [0, 0.05) is 17.0 Å². The molecule has 1 aromatic heterocycles. The molecule has 3 nitrogen and oxygen atoms in total. The maximum Gasteiger partial charge on any atom is 0.0900 e. The topological polar surface area (TPSA) is 28.2 Å². The zero-order chi connectivity index (χ0) is 15.1. The summed E-state index contributed by atoms with van der Waals surface area (Å²) in [7, 11) is 0. The Labute approximate surface area is 128 Å². The van der Waals surface area contributed by atoms with Gasteiger partial charge in [0.2, 0.25) is 0 Å². The molecule has 0 radical (unpaired) electrons. The lowest BCUT2D eigenvalue weighted by atomic mass is 10.1. The van der Waals surface area contributed by atoms with Crippen LogP contribution < -0.4 is 5.32 Å². The second kappa shape index (κ2) is 8.75. The number of nitrogens with one attached hydrogen (secondary N) is 1. The molecular formula is C16H31N3S. The van der Waals surface area contributed by atoms with Crippen LogP contribution in [0.3, 0.4) is 0 Å². The molecule has 1 N–H and O–H groups in total. The number of thiazole rings is 1. The second-order valence-corrected chi connectivity index (χ2v) is 7.04. The Balaban J connectivity index is 2.35. The van der Waals surface area contributed by atoms with Crippen molar-refractivity contribution in [2.75, 3.05) is 19.6 Å². The van der Waals surface area contributed by atoms with Crippen molar-refractivity contribution in [3.05, 3.63) is 15.6 Å². The number of rotatable bonds is 9. The molecule has 0 saturated carbocycles. The Kier molecular flexibility index (Phi) is 7.70. The smallest absolute Gasteiger partial charge is 0.0900 e. The number of aryl methyl sites for hydroxylation is 2. The Morgan fingerprint density at radius 3 is 2.35 bits per heavy atom. The molecular weight excluding hydrogens is 266 g/mol. The van der Waals surface area contributed by atoms with Gasteiger partial charge in [0.05, 0.1) is 10.7 Å². The van der Waals surface area contributed by atoms with Crippen LogP contribution in [0.5, 0.6) is 0 Å². The van der Waals surface area contributed by atoms with Gasteiger partial charge in [-0.1, -0.05) is 13.8 Å². The molecule has 1 heterocycles. The van der Waals surface area contributed by atoms with Crippen LogP contribution in [-0.2, 0) is 0 Å². The molecule has 2 atom stereocenters. The van der Waals surface area contributed by atoms with E-state index < -0.39 is 0 Å². The molecule has 1 aromatic rings. The second-order valence-electron chi connectivity index (χ2n) is 5.63. The lowest BCUT2D eigenvalue weighted by Gasteiger charge is -2.22. The van der Waals surface area contributed by atoms with E-state index in [1.807, 2.05) is 0 Å². The number of hydrogen-bond acceptors (Lipinski definition) is 4. The van der Waals surface area contributed by atoms with E-state index >= 15 is 0 Å². The molecule has 0 spiro atoms. The third kappa shape index (κ3) is 5.51. The monoisotopic (exact) mass is 297 g/mol. The third-order valence-electron chi connectivity index (χ3n) is 3.89. The first kappa shape index (κ1) is 17.6. The molecule has 0 saturated heterocycles. The largest absolute Gasteiger partial charge is 0.306 e. The Morgan fingerprint density at radius 1 is 1.20 bits per heavy atom. The average Bonchev–Trinajstić information content (AvgIpc) is 2.74. The summed E-state index contributed by atoms with van der Waals surface area (Å²) >= 11 is 1.79. The van der Waals surface area contributed by atoms with Gasteiger partial charge in [0.15, 0.2) is 0 Å². The fourth-order valence-electron chi connectivity index (χ4n) is 2.70. The molecule has 1 rings (SSSR count). The summed E-state index contributed by atoms with van der Waals surface area (Å²) in [4.78, 5) is 8.48. The quantitative estimate of drug-likeness (QED) is 0.749. The van der Waals surface area contributed by atoms with E-state index in [-0.39, 0.29) is 0 Å². The van der Waals surface area contributed by atoms with Crippen molar-refractivity contribution in [2.45, 2.75) is 66.5 Å². The Hall–Kier alpha value is -0.450. The van der Waals surface area contributed by atoms with Crippen molar-refractivity contribution < 1.29 is 0 Å². The maximum absolute atomic E-state index is 4.65. The lowest BCUT2D eigenvalue weighted by molar-refractivity contribution is 0.288. The van der Waals surface area contributed by atoms with Crippen molar-refractivity contribution in [2.24, 2.45) is 0 Å². The summed E-state index contributed by atoms with van der Waals surface area (Å²) in [5.41, 5.74) is 1.23. The van der Waals surface area contributed by atoms with E-state index in [9.17, 15) is 0 Å². The van der Waals surface area contributed by atoms with Gasteiger partial charge >= 0.3 is 0 Å². The van der Waals surface area contributed by atoms with Crippen LogP contribution in [0.4, 0.5) is 0 Å². The lowest BCUT2D eigenvalue weighted by Crippen LogP contribution is -2.31. The van der Waals surface area contributed by atoms with Crippen molar-refractivity contribution in [1.82, 2.24) is 15.2 Å². The predicted octanol–water partition coefficient (Wildman–Crippen LogP) is 3.92. The van der Waals surface area contributed by atoms with Crippen LogP contribution in [0.2, 0.25) is 0 Å². The maximum atomic E-state index is 4.65. The minimum atomic E-state index is 0.350. The summed E-state index contributed by atoms with van der Waals surface area (Å²) in [5.74, 6) is 0. The van der Waals surface area contributed by atoms with E-state index in [0.717, 1.165) is 13.1 Å². The van der Waals surface area contributed by atoms with Gasteiger partial charge in [-0.2, -0.15) is 0 Å². The molecule has 2 unspecified atom stereocenters. The van der Waals surface area contributed by atoms with Crippen molar-refractivity contribution in [1.29, 1.82) is 0 Å². The fourth-order valence-corrected chi connectivity index (χ4v) is 3.61. The van der Waals surface area contributed by atoms with Crippen molar-refractivity contribution >= 4 is 11.3 Å². The zero-order valence-corrected chi connectivity index (χ0v) is 14.8. The summed E-state index contributed by atoms with van der Waals surface area (Å²) in [6.07, 6.45) is 2.49. The van der Waals surface area contributed by atoms with Crippen LogP contribution in [0.1, 0.15) is 62.2 Å². The highest BCUT2D eigenvalue weighted by Gasteiger charge is 2.15. The Bertz CT molecular complexity index is 385. The number of aromatic nitrogens is 1. The molecule has 0 aromatic carbocycles. The normalized spacial score (nSPS) is 14.8. The number of nitrogens with zero attached hydrogens (tertiary/aromatic N) is 2. The fraction of sp³-hybridized carbons (Fsp3) is 0.812. The van der Waals surface area contributed by atoms with E-state index in [0.29, 0.717) is 12.1 Å². The Morgan fingerprint density at radius 2 is 1.85 bits per heavy atom. The standard InChI is InChI=1S/C16H31N3S/c1-7-19(8-2)11-9-10-12(3)17-13(4)16-14(5)20-15(6)18-16/h12-13,17H,7-11H2,1-6H3. The van der Waals surface area contributed by atoms with Crippen LogP contribution >= 0.6 is 11.3 Å². The van der Waals surface area contributed by atoms with Crippen LogP contribution in [0.25, 0.3) is 0 Å². The van der Waals surface area contributed by atoms with Crippen LogP contribution in [-0.4, -0.2) is 35.6 Å². The molecule has 0 aliphatic heterocycles. The van der Waals surface area contributed by atoms with Crippen molar-refractivity contribution in [3.63, 3.8) is 0 Å². The zero-order valence-electron chi connectivity index (χ0n) is 14.0. The minimum absolute atomic E-state index is 0.350. The molecule has 0 amide bonds. The molecule has 0 aliphatic rings. The van der Waals surface area contributed by atoms with Gasteiger partial charge in [0.25, 0.3) is 0 Å². The highest BCUT2D eigenvalue weighted by Crippen LogP contribution is 2.23. The van der Waals surface area contributed by atoms with Gasteiger partial charge in [-0.25, -0.2) is 4.98 Å². The van der Waals surface area contributed by atoms with Gasteiger partial charge in [-0.15, -0.1) is 11.3 Å². The van der Waals surface area contributed by atoms with Crippen molar-refractivity contribution in [3.8, 4) is 0 Å². The predicted molar refractivity (Wildman–Crippen MR) is 89.6 cm³/mol. The molecule has 0 aliphatic carbocycles.